The lowest BCUT2D eigenvalue weighted by Gasteiger charge is -2.25. The molecule has 0 fully saturated rings. The highest BCUT2D eigenvalue weighted by Gasteiger charge is 2.27. The van der Waals surface area contributed by atoms with Crippen LogP contribution < -0.4 is 10.6 Å². The van der Waals surface area contributed by atoms with Gasteiger partial charge in [0.25, 0.3) is 0 Å². The number of carbonyl (C=O) groups is 3. The molecule has 2 N–H and O–H groups in total. The summed E-state index contributed by atoms with van der Waals surface area (Å²) in [5.74, 6) is -0.951. The van der Waals surface area contributed by atoms with Crippen molar-refractivity contribution >= 4 is 17.8 Å². The summed E-state index contributed by atoms with van der Waals surface area (Å²) in [6.07, 6.45) is 0.740. The van der Waals surface area contributed by atoms with Gasteiger partial charge in [0.1, 0.15) is 6.04 Å². The molecular formula is C16H31N3O4. The number of hydrogen-bond donors (Lipinski definition) is 2. The highest BCUT2D eigenvalue weighted by molar-refractivity contribution is 5.86. The lowest BCUT2D eigenvalue weighted by atomic mass is 9.99. The van der Waals surface area contributed by atoms with E-state index in [0.717, 1.165) is 6.42 Å². The van der Waals surface area contributed by atoms with Gasteiger partial charge in [-0.3, -0.25) is 14.5 Å². The summed E-state index contributed by atoms with van der Waals surface area (Å²) in [5, 5.41) is 5.52. The molecule has 2 amide bonds. The molecule has 2 atom stereocenters. The molecule has 0 spiro atoms. The smallest absolute Gasteiger partial charge is 0.328 e. The van der Waals surface area contributed by atoms with E-state index in [9.17, 15) is 14.4 Å². The molecule has 0 radical (unpaired) electrons. The fraction of sp³-hybridized carbons (Fsp3) is 0.812. The first-order valence-electron chi connectivity index (χ1n) is 7.86. The van der Waals surface area contributed by atoms with E-state index in [1.807, 2.05) is 34.6 Å². The van der Waals surface area contributed by atoms with Crippen LogP contribution in [0.15, 0.2) is 0 Å². The van der Waals surface area contributed by atoms with E-state index in [4.69, 9.17) is 4.74 Å². The molecule has 0 aliphatic carbocycles. The fourth-order valence-corrected chi connectivity index (χ4v) is 2.02. The Bertz CT molecular complexity index is 418. The van der Waals surface area contributed by atoms with Crippen LogP contribution >= 0.6 is 0 Å². The minimum absolute atomic E-state index is 0.0269. The third-order valence-corrected chi connectivity index (χ3v) is 3.33. The van der Waals surface area contributed by atoms with Crippen LogP contribution in [0.2, 0.25) is 0 Å². The van der Waals surface area contributed by atoms with E-state index in [1.54, 1.807) is 11.9 Å². The Morgan fingerprint density at radius 1 is 1.13 bits per heavy atom. The van der Waals surface area contributed by atoms with Crippen molar-refractivity contribution in [1.29, 1.82) is 0 Å². The molecule has 134 valence electrons. The van der Waals surface area contributed by atoms with Gasteiger partial charge < -0.3 is 15.4 Å². The van der Waals surface area contributed by atoms with E-state index < -0.39 is 12.0 Å². The predicted molar refractivity (Wildman–Crippen MR) is 88.8 cm³/mol. The summed E-state index contributed by atoms with van der Waals surface area (Å²) in [4.78, 5) is 37.3. The van der Waals surface area contributed by atoms with Crippen LogP contribution in [0.3, 0.4) is 0 Å². The number of ether oxygens (including phenoxy) is 1. The third-order valence-electron chi connectivity index (χ3n) is 3.33. The number of nitrogens with one attached hydrogen (secondary N) is 2. The van der Waals surface area contributed by atoms with Gasteiger partial charge >= 0.3 is 5.97 Å². The summed E-state index contributed by atoms with van der Waals surface area (Å²) in [7, 11) is 2.98. The largest absolute Gasteiger partial charge is 0.467 e. The highest BCUT2D eigenvalue weighted by atomic mass is 16.5. The average molecular weight is 329 g/mol. The number of esters is 1. The van der Waals surface area contributed by atoms with Crippen LogP contribution in [-0.4, -0.2) is 61.5 Å². The number of nitrogens with zero attached hydrogens (tertiary/aromatic N) is 1. The number of rotatable bonds is 8. The molecule has 0 saturated heterocycles. The zero-order valence-electron chi connectivity index (χ0n) is 15.4. The normalized spacial score (nSPS) is 14.1. The Morgan fingerprint density at radius 3 is 2.09 bits per heavy atom. The Hall–Kier alpha value is -1.63. The Kier molecular flexibility index (Phi) is 8.82. The van der Waals surface area contributed by atoms with Gasteiger partial charge in [0.2, 0.25) is 11.8 Å². The highest BCUT2D eigenvalue weighted by Crippen LogP contribution is 2.09. The van der Waals surface area contributed by atoms with E-state index in [1.165, 1.54) is 7.11 Å². The van der Waals surface area contributed by atoms with Crippen molar-refractivity contribution in [1.82, 2.24) is 15.5 Å². The summed E-state index contributed by atoms with van der Waals surface area (Å²) < 4.78 is 4.73. The van der Waals surface area contributed by atoms with Crippen molar-refractivity contribution in [2.75, 3.05) is 27.2 Å². The molecule has 0 aromatic heterocycles. The van der Waals surface area contributed by atoms with Crippen molar-refractivity contribution < 1.29 is 19.1 Å². The first-order valence-corrected chi connectivity index (χ1v) is 7.86. The minimum Gasteiger partial charge on any atom is -0.467 e. The van der Waals surface area contributed by atoms with Crippen molar-refractivity contribution in [2.24, 2.45) is 5.92 Å². The molecule has 0 heterocycles. The van der Waals surface area contributed by atoms with E-state index in [-0.39, 0.29) is 36.4 Å². The average Bonchev–Trinajstić information content (AvgIpc) is 2.40. The molecule has 0 bridgehead atoms. The summed E-state index contributed by atoms with van der Waals surface area (Å²) in [6, 6.07) is -0.672. The van der Waals surface area contributed by atoms with E-state index in [2.05, 4.69) is 10.6 Å². The summed E-state index contributed by atoms with van der Waals surface area (Å²) in [5.41, 5.74) is -0.313. The van der Waals surface area contributed by atoms with Crippen LogP contribution in [0.5, 0.6) is 0 Å². The second kappa shape index (κ2) is 9.50. The molecule has 0 aliphatic heterocycles. The van der Waals surface area contributed by atoms with Crippen molar-refractivity contribution in [3.8, 4) is 0 Å². The van der Waals surface area contributed by atoms with E-state index >= 15 is 0 Å². The zero-order valence-corrected chi connectivity index (χ0v) is 15.4. The number of hydrogen-bond acceptors (Lipinski definition) is 5. The van der Waals surface area contributed by atoms with Gasteiger partial charge in [-0.2, -0.15) is 0 Å². The van der Waals surface area contributed by atoms with Gasteiger partial charge in [-0.15, -0.1) is 0 Å². The molecule has 0 aromatic carbocycles. The maximum absolute atomic E-state index is 12.1. The van der Waals surface area contributed by atoms with Gasteiger partial charge in [-0.25, -0.2) is 4.79 Å². The molecule has 0 aromatic rings. The van der Waals surface area contributed by atoms with Crippen molar-refractivity contribution in [3.05, 3.63) is 0 Å². The minimum atomic E-state index is -0.672. The molecule has 0 aliphatic rings. The maximum Gasteiger partial charge on any atom is 0.328 e. The van der Waals surface area contributed by atoms with Gasteiger partial charge in [0.15, 0.2) is 0 Å². The molecule has 7 nitrogen and oxygen atoms in total. The van der Waals surface area contributed by atoms with Crippen molar-refractivity contribution in [2.45, 2.75) is 52.6 Å². The Morgan fingerprint density at radius 2 is 1.65 bits per heavy atom. The lowest BCUT2D eigenvalue weighted by molar-refractivity contribution is -0.146. The SMILES string of the molecule is CC[C@@H](C)[C@@H](NC(=O)CN(C)CC(=O)NC(C)(C)C)C(=O)OC. The number of amides is 2. The first-order chi connectivity index (χ1) is 10.5. The van der Waals surface area contributed by atoms with Crippen LogP contribution in [0, 0.1) is 5.92 Å². The number of methoxy groups -OCH3 is 1. The molecule has 0 rings (SSSR count). The van der Waals surface area contributed by atoms with Crippen LogP contribution in [0.25, 0.3) is 0 Å². The van der Waals surface area contributed by atoms with Crippen molar-refractivity contribution in [3.63, 3.8) is 0 Å². The van der Waals surface area contributed by atoms with Gasteiger partial charge in [-0.05, 0) is 33.7 Å². The van der Waals surface area contributed by atoms with Gasteiger partial charge in [-0.1, -0.05) is 20.3 Å². The van der Waals surface area contributed by atoms with Crippen LogP contribution in [0.4, 0.5) is 0 Å². The van der Waals surface area contributed by atoms with Crippen LogP contribution in [-0.2, 0) is 19.1 Å². The molecule has 0 unspecified atom stereocenters. The molecular weight excluding hydrogens is 298 g/mol. The van der Waals surface area contributed by atoms with Crippen LogP contribution in [0.1, 0.15) is 41.0 Å². The number of likely N-dealkylation sites (N-methyl/N-ethyl adjacent to an activating group) is 1. The maximum atomic E-state index is 12.1. The standard InChI is InChI=1S/C16H31N3O4/c1-8-11(2)14(15(22)23-7)17-12(20)9-19(6)10-13(21)18-16(3,4)5/h11,14H,8-10H2,1-7H3,(H,17,20)(H,18,21)/t11-,14-/m1/s1. The molecule has 7 heteroatoms. The Balaban J connectivity index is 4.50. The first kappa shape index (κ1) is 21.4. The van der Waals surface area contributed by atoms with Gasteiger partial charge in [0, 0.05) is 5.54 Å². The lowest BCUT2D eigenvalue weighted by Crippen LogP contribution is -2.50. The Labute approximate surface area is 139 Å². The topological polar surface area (TPSA) is 87.7 Å². The zero-order chi connectivity index (χ0) is 18.2. The second-order valence-corrected chi connectivity index (χ2v) is 6.92. The molecule has 0 saturated carbocycles. The summed E-state index contributed by atoms with van der Waals surface area (Å²) in [6.45, 7) is 9.64. The quantitative estimate of drug-likeness (QED) is 0.635. The van der Waals surface area contributed by atoms with Gasteiger partial charge in [0.05, 0.1) is 20.2 Å². The fourth-order valence-electron chi connectivity index (χ4n) is 2.02. The predicted octanol–water partition coefficient (Wildman–Crippen LogP) is 0.537. The monoisotopic (exact) mass is 329 g/mol. The second-order valence-electron chi connectivity index (χ2n) is 6.92. The number of carbonyl (C=O) groups excluding carboxylic acids is 3. The summed E-state index contributed by atoms with van der Waals surface area (Å²) >= 11 is 0. The molecule has 23 heavy (non-hydrogen) atoms. The third kappa shape index (κ3) is 9.18. The van der Waals surface area contributed by atoms with E-state index in [0.29, 0.717) is 0 Å².